The highest BCUT2D eigenvalue weighted by Crippen LogP contribution is 2.64. The number of likely N-dealkylation sites (N-methyl/N-ethyl adjacent to an activating group) is 1. The zero-order valence-corrected chi connectivity index (χ0v) is 20.7. The molecule has 5 rings (SSSR count). The molecule has 35 heavy (non-hydrogen) atoms. The van der Waals surface area contributed by atoms with Crippen LogP contribution in [0.25, 0.3) is 0 Å². The van der Waals surface area contributed by atoms with Gasteiger partial charge in [-0.2, -0.15) is 0 Å². The third-order valence-corrected chi connectivity index (χ3v) is 7.98. The second-order valence-corrected chi connectivity index (χ2v) is 11.2. The van der Waals surface area contributed by atoms with Gasteiger partial charge in [-0.1, -0.05) is 12.1 Å². The van der Waals surface area contributed by atoms with Gasteiger partial charge in [0.05, 0.1) is 11.0 Å². The number of benzene rings is 1. The van der Waals surface area contributed by atoms with Crippen molar-refractivity contribution < 1.29 is 39.1 Å². The Balaban J connectivity index is 1.47. The Labute approximate surface area is 204 Å². The van der Waals surface area contributed by atoms with Gasteiger partial charge in [-0.25, -0.2) is 9.59 Å². The number of carbonyl (C=O) groups excluding carboxylic acids is 2. The van der Waals surface area contributed by atoms with Gasteiger partial charge < -0.3 is 34.4 Å². The fourth-order valence-electron chi connectivity index (χ4n) is 6.38. The van der Waals surface area contributed by atoms with Crippen LogP contribution in [0.3, 0.4) is 0 Å². The maximum atomic E-state index is 12.8. The van der Waals surface area contributed by atoms with E-state index in [0.717, 1.165) is 23.2 Å². The molecule has 2 heterocycles. The normalized spacial score (nSPS) is 32.6. The Morgan fingerprint density at radius 2 is 1.89 bits per heavy atom. The molecule has 0 aromatic heterocycles. The predicted molar refractivity (Wildman–Crippen MR) is 124 cm³/mol. The Morgan fingerprint density at radius 3 is 2.57 bits per heavy atom. The largest absolute Gasteiger partial charge is 0.481 e. The monoisotopic (exact) mass is 487 g/mol. The van der Waals surface area contributed by atoms with Crippen molar-refractivity contribution in [2.24, 2.45) is 0 Å². The van der Waals surface area contributed by atoms with Crippen LogP contribution in [0.1, 0.15) is 50.3 Å². The molecule has 4 aliphatic rings. The van der Waals surface area contributed by atoms with E-state index in [1.807, 2.05) is 20.0 Å². The van der Waals surface area contributed by atoms with Gasteiger partial charge in [0.25, 0.3) is 0 Å². The third kappa shape index (κ3) is 3.36. The van der Waals surface area contributed by atoms with E-state index in [1.54, 1.807) is 26.8 Å². The van der Waals surface area contributed by atoms with Gasteiger partial charge in [-0.3, -0.25) is 0 Å². The first-order valence-corrected chi connectivity index (χ1v) is 12.0. The first kappa shape index (κ1) is 24.2. The fourth-order valence-corrected chi connectivity index (χ4v) is 6.38. The number of hydrogen-bond donors (Lipinski definition) is 3. The lowest BCUT2D eigenvalue weighted by molar-refractivity contribution is -0.183. The number of esters is 2. The lowest BCUT2D eigenvalue weighted by atomic mass is 9.50. The minimum atomic E-state index is -2.14. The van der Waals surface area contributed by atoms with E-state index < -0.39 is 46.9 Å². The van der Waals surface area contributed by atoms with Crippen LogP contribution in [0.5, 0.6) is 5.75 Å². The van der Waals surface area contributed by atoms with Crippen molar-refractivity contribution in [2.75, 3.05) is 13.6 Å². The standard InChI is InChI=1S/C26H33NO8/c1-13-6-7-14-12-16-26(32)9-8-15(21-25(26,10-11-27(16)5)17(14)20(13)34-21)33-22(30)18(28)19(29)23(31)35-24(2,3)4/h6-8,16,18-19,21,28-29,32H,9-12H2,1-5H3/t16-,18-,19-,21+,25+,26-/m1/s1. The molecule has 0 saturated carbocycles. The summed E-state index contributed by atoms with van der Waals surface area (Å²) in [6, 6.07) is 3.95. The van der Waals surface area contributed by atoms with Crippen LogP contribution in [-0.4, -0.2) is 81.3 Å². The van der Waals surface area contributed by atoms with Crippen LogP contribution in [-0.2, 0) is 30.9 Å². The Kier molecular flexibility index (Phi) is 5.38. The SMILES string of the molecule is Cc1ccc2c3c1O[C@H]1C(OC(=O)[C@H](O)[C@@H](O)C(=O)OC(C)(C)C)=CC[C@@]4(O)[C@@H](C2)N(C)CC[C@]314. The molecule has 1 spiro atoms. The number of piperidine rings is 1. The summed E-state index contributed by atoms with van der Waals surface area (Å²) in [5.41, 5.74) is 0.187. The smallest absolute Gasteiger partial charge is 0.343 e. The minimum absolute atomic E-state index is 0.128. The van der Waals surface area contributed by atoms with E-state index in [4.69, 9.17) is 14.2 Å². The maximum Gasteiger partial charge on any atom is 0.343 e. The third-order valence-electron chi connectivity index (χ3n) is 7.98. The van der Waals surface area contributed by atoms with Gasteiger partial charge in [-0.05, 0) is 71.3 Å². The van der Waals surface area contributed by atoms with Crippen molar-refractivity contribution in [1.29, 1.82) is 0 Å². The average Bonchev–Trinajstić information content (AvgIpc) is 3.13. The molecule has 190 valence electrons. The second-order valence-electron chi connectivity index (χ2n) is 11.2. The van der Waals surface area contributed by atoms with Crippen LogP contribution in [0, 0.1) is 6.92 Å². The Bertz CT molecular complexity index is 1120. The van der Waals surface area contributed by atoms with E-state index >= 15 is 0 Å². The number of likely N-dealkylation sites (tertiary alicyclic amines) is 1. The number of hydrogen-bond acceptors (Lipinski definition) is 9. The molecule has 1 aromatic rings. The highest BCUT2D eigenvalue weighted by atomic mass is 16.6. The van der Waals surface area contributed by atoms with Crippen LogP contribution in [0.15, 0.2) is 24.0 Å². The van der Waals surface area contributed by atoms with Crippen LogP contribution >= 0.6 is 0 Å². The zero-order chi connectivity index (χ0) is 25.5. The lowest BCUT2D eigenvalue weighted by Gasteiger charge is -2.61. The average molecular weight is 488 g/mol. The van der Waals surface area contributed by atoms with E-state index in [0.29, 0.717) is 18.6 Å². The number of aryl methyl sites for hydroxylation is 1. The highest BCUT2D eigenvalue weighted by molar-refractivity contribution is 5.86. The molecule has 2 aliphatic heterocycles. The molecule has 2 bridgehead atoms. The number of aliphatic hydroxyl groups excluding tert-OH is 2. The molecule has 9 nitrogen and oxygen atoms in total. The van der Waals surface area contributed by atoms with Crippen LogP contribution in [0.4, 0.5) is 0 Å². The topological polar surface area (TPSA) is 126 Å². The van der Waals surface area contributed by atoms with Crippen molar-refractivity contribution in [3.63, 3.8) is 0 Å². The summed E-state index contributed by atoms with van der Waals surface area (Å²) in [5.74, 6) is -1.44. The van der Waals surface area contributed by atoms with E-state index in [-0.39, 0.29) is 18.2 Å². The van der Waals surface area contributed by atoms with Gasteiger partial charge in [0, 0.05) is 18.0 Å². The number of ether oxygens (including phenoxy) is 3. The van der Waals surface area contributed by atoms with Crippen molar-refractivity contribution in [1.82, 2.24) is 4.90 Å². The van der Waals surface area contributed by atoms with Gasteiger partial charge in [0.15, 0.2) is 18.3 Å². The summed E-state index contributed by atoms with van der Waals surface area (Å²) >= 11 is 0. The minimum Gasteiger partial charge on any atom is -0.481 e. The molecule has 0 amide bonds. The highest BCUT2D eigenvalue weighted by Gasteiger charge is 2.71. The van der Waals surface area contributed by atoms with E-state index in [1.165, 1.54) is 0 Å². The van der Waals surface area contributed by atoms with E-state index in [2.05, 4.69) is 11.0 Å². The first-order chi connectivity index (χ1) is 16.3. The molecule has 6 atom stereocenters. The molecule has 3 N–H and O–H groups in total. The van der Waals surface area contributed by atoms with Gasteiger partial charge in [0.2, 0.25) is 0 Å². The van der Waals surface area contributed by atoms with Crippen molar-refractivity contribution in [3.05, 3.63) is 40.7 Å². The molecule has 1 aromatic carbocycles. The maximum absolute atomic E-state index is 12.8. The second kappa shape index (κ2) is 7.77. The predicted octanol–water partition coefficient (Wildman–Crippen LogP) is 0.879. The molecular weight excluding hydrogens is 454 g/mol. The summed E-state index contributed by atoms with van der Waals surface area (Å²) in [4.78, 5) is 27.1. The fraction of sp³-hybridized carbons (Fsp3) is 0.615. The summed E-state index contributed by atoms with van der Waals surface area (Å²) < 4.78 is 17.0. The number of nitrogens with zero attached hydrogens (tertiary/aromatic N) is 1. The first-order valence-electron chi connectivity index (χ1n) is 12.0. The summed E-state index contributed by atoms with van der Waals surface area (Å²) in [6.07, 6.45) is -1.85. The molecule has 1 saturated heterocycles. The van der Waals surface area contributed by atoms with Crippen LogP contribution < -0.4 is 4.74 Å². The van der Waals surface area contributed by atoms with Crippen molar-refractivity contribution in [2.45, 2.75) is 87.9 Å². The summed E-state index contributed by atoms with van der Waals surface area (Å²) in [6.45, 7) is 7.51. The molecule has 0 radical (unpaired) electrons. The number of aliphatic hydroxyl groups is 3. The van der Waals surface area contributed by atoms with Crippen molar-refractivity contribution in [3.8, 4) is 5.75 Å². The van der Waals surface area contributed by atoms with Gasteiger partial charge >= 0.3 is 11.9 Å². The molecular formula is C26H33NO8. The molecule has 9 heteroatoms. The molecule has 0 unspecified atom stereocenters. The van der Waals surface area contributed by atoms with Gasteiger partial charge in [0.1, 0.15) is 17.1 Å². The lowest BCUT2D eigenvalue weighted by Crippen LogP contribution is -2.74. The summed E-state index contributed by atoms with van der Waals surface area (Å²) in [5, 5.41) is 32.7. The number of carbonyl (C=O) groups is 2. The van der Waals surface area contributed by atoms with E-state index in [9.17, 15) is 24.9 Å². The quantitative estimate of drug-likeness (QED) is 0.531. The molecule has 2 aliphatic carbocycles. The number of rotatable bonds is 4. The Morgan fingerprint density at radius 1 is 1.20 bits per heavy atom. The van der Waals surface area contributed by atoms with Crippen LogP contribution in [0.2, 0.25) is 0 Å². The van der Waals surface area contributed by atoms with Crippen molar-refractivity contribution >= 4 is 11.9 Å². The molecule has 1 fully saturated rings. The Hall–Kier alpha value is -2.46. The van der Waals surface area contributed by atoms with Gasteiger partial charge in [-0.15, -0.1) is 0 Å². The summed E-state index contributed by atoms with van der Waals surface area (Å²) in [7, 11) is 2.01. The zero-order valence-electron chi connectivity index (χ0n) is 20.7.